The number of nitrogens with one attached hydrogen (secondary N) is 1. The van der Waals surface area contributed by atoms with E-state index in [0.717, 1.165) is 30.7 Å². The Kier molecular flexibility index (Phi) is 6.69. The highest BCUT2D eigenvalue weighted by Crippen LogP contribution is 2.12. The Morgan fingerprint density at radius 1 is 1.44 bits per heavy atom. The summed E-state index contributed by atoms with van der Waals surface area (Å²) in [5.41, 5.74) is 1.35. The van der Waals surface area contributed by atoms with Crippen LogP contribution in [0.15, 0.2) is 28.7 Å². The molecule has 0 aromatic heterocycles. The van der Waals surface area contributed by atoms with Crippen molar-refractivity contribution in [3.05, 3.63) is 34.3 Å². The highest BCUT2D eigenvalue weighted by Gasteiger charge is 2.02. The molecule has 16 heavy (non-hydrogen) atoms. The van der Waals surface area contributed by atoms with Crippen LogP contribution < -0.4 is 5.32 Å². The van der Waals surface area contributed by atoms with Crippen molar-refractivity contribution in [1.29, 1.82) is 0 Å². The van der Waals surface area contributed by atoms with Crippen LogP contribution in [-0.2, 0) is 11.2 Å². The van der Waals surface area contributed by atoms with Gasteiger partial charge < -0.3 is 10.1 Å². The molecule has 1 atom stereocenters. The minimum Gasteiger partial charge on any atom is -0.380 e. The quantitative estimate of drug-likeness (QED) is 0.778. The van der Waals surface area contributed by atoms with Crippen LogP contribution in [0.4, 0.5) is 0 Å². The van der Waals surface area contributed by atoms with Gasteiger partial charge in [0.2, 0.25) is 0 Å². The maximum atomic E-state index is 5.28. The normalized spacial score (nSPS) is 12.7. The summed E-state index contributed by atoms with van der Waals surface area (Å²) in [5.74, 6) is 0. The van der Waals surface area contributed by atoms with Crippen LogP contribution in [0.1, 0.15) is 19.4 Å². The predicted molar refractivity (Wildman–Crippen MR) is 71.8 cm³/mol. The van der Waals surface area contributed by atoms with Crippen molar-refractivity contribution in [2.24, 2.45) is 0 Å². The van der Waals surface area contributed by atoms with E-state index in [-0.39, 0.29) is 0 Å². The van der Waals surface area contributed by atoms with Gasteiger partial charge in [-0.3, -0.25) is 0 Å². The van der Waals surface area contributed by atoms with Crippen LogP contribution >= 0.6 is 15.9 Å². The first-order valence-electron chi connectivity index (χ1n) is 5.78. The van der Waals surface area contributed by atoms with E-state index in [1.807, 2.05) is 6.92 Å². The zero-order valence-electron chi connectivity index (χ0n) is 10.0. The Labute approximate surface area is 107 Å². The van der Waals surface area contributed by atoms with Gasteiger partial charge >= 0.3 is 0 Å². The summed E-state index contributed by atoms with van der Waals surface area (Å²) in [5, 5.41) is 3.45. The van der Waals surface area contributed by atoms with E-state index >= 15 is 0 Å². The van der Waals surface area contributed by atoms with Gasteiger partial charge in [-0.2, -0.15) is 0 Å². The Morgan fingerprint density at radius 3 is 2.94 bits per heavy atom. The molecule has 0 saturated carbocycles. The molecule has 1 aromatic carbocycles. The Hall–Kier alpha value is -0.380. The molecule has 0 aliphatic rings. The average Bonchev–Trinajstić information content (AvgIpc) is 2.24. The minimum atomic E-state index is 0.481. The molecule has 2 nitrogen and oxygen atoms in total. The Bertz CT molecular complexity index is 304. The third-order valence-electron chi connectivity index (χ3n) is 2.37. The van der Waals surface area contributed by atoms with Crippen molar-refractivity contribution in [1.82, 2.24) is 5.32 Å². The first-order chi connectivity index (χ1) is 7.72. The highest BCUT2D eigenvalue weighted by atomic mass is 79.9. The fraction of sp³-hybridized carbons (Fsp3) is 0.538. The molecular formula is C13H20BrNO. The molecule has 0 aliphatic carbocycles. The predicted octanol–water partition coefficient (Wildman–Crippen LogP) is 3.01. The molecule has 90 valence electrons. The number of benzene rings is 1. The highest BCUT2D eigenvalue weighted by molar-refractivity contribution is 9.10. The van der Waals surface area contributed by atoms with Gasteiger partial charge in [-0.25, -0.2) is 0 Å². The third-order valence-corrected chi connectivity index (χ3v) is 2.87. The van der Waals surface area contributed by atoms with Gasteiger partial charge in [0.05, 0.1) is 6.61 Å². The number of ether oxygens (including phenoxy) is 1. The lowest BCUT2D eigenvalue weighted by Gasteiger charge is -2.13. The fourth-order valence-electron chi connectivity index (χ4n) is 1.61. The van der Waals surface area contributed by atoms with Gasteiger partial charge in [-0.05, 0) is 38.0 Å². The zero-order valence-corrected chi connectivity index (χ0v) is 11.6. The van der Waals surface area contributed by atoms with E-state index in [9.17, 15) is 0 Å². The lowest BCUT2D eigenvalue weighted by Crippen LogP contribution is -2.31. The topological polar surface area (TPSA) is 21.3 Å². The summed E-state index contributed by atoms with van der Waals surface area (Å²) >= 11 is 3.48. The van der Waals surface area contributed by atoms with Crippen LogP contribution in [0.5, 0.6) is 0 Å². The molecule has 1 unspecified atom stereocenters. The summed E-state index contributed by atoms with van der Waals surface area (Å²) < 4.78 is 6.43. The molecule has 1 N–H and O–H groups in total. The molecule has 0 radical (unpaired) electrons. The van der Waals surface area contributed by atoms with E-state index < -0.39 is 0 Å². The zero-order chi connectivity index (χ0) is 11.8. The molecule has 3 heteroatoms. The molecule has 0 amide bonds. The number of rotatable bonds is 7. The van der Waals surface area contributed by atoms with Crippen molar-refractivity contribution in [2.45, 2.75) is 26.3 Å². The van der Waals surface area contributed by atoms with E-state index in [1.165, 1.54) is 5.56 Å². The van der Waals surface area contributed by atoms with E-state index in [4.69, 9.17) is 4.74 Å². The molecule has 0 saturated heterocycles. The summed E-state index contributed by atoms with van der Waals surface area (Å²) in [6.07, 6.45) is 1.05. The van der Waals surface area contributed by atoms with Crippen LogP contribution in [-0.4, -0.2) is 25.8 Å². The fourth-order valence-corrected chi connectivity index (χ4v) is 2.06. The van der Waals surface area contributed by atoms with Gasteiger partial charge in [0.25, 0.3) is 0 Å². The third kappa shape index (κ3) is 5.64. The van der Waals surface area contributed by atoms with Crippen LogP contribution in [0.25, 0.3) is 0 Å². The second kappa shape index (κ2) is 7.82. The summed E-state index contributed by atoms with van der Waals surface area (Å²) in [4.78, 5) is 0. The van der Waals surface area contributed by atoms with Crippen molar-refractivity contribution in [2.75, 3.05) is 19.8 Å². The van der Waals surface area contributed by atoms with Crippen molar-refractivity contribution >= 4 is 15.9 Å². The maximum absolute atomic E-state index is 5.28. The van der Waals surface area contributed by atoms with E-state index in [1.54, 1.807) is 0 Å². The summed E-state index contributed by atoms with van der Waals surface area (Å²) in [6.45, 7) is 6.72. The molecule has 0 fully saturated rings. The minimum absolute atomic E-state index is 0.481. The maximum Gasteiger partial charge on any atom is 0.0590 e. The van der Waals surface area contributed by atoms with Crippen LogP contribution in [0.3, 0.4) is 0 Å². The lowest BCUT2D eigenvalue weighted by atomic mass is 10.1. The first kappa shape index (κ1) is 13.7. The van der Waals surface area contributed by atoms with E-state index in [2.05, 4.69) is 52.4 Å². The summed E-state index contributed by atoms with van der Waals surface area (Å²) in [7, 11) is 0. The number of hydrogen-bond acceptors (Lipinski definition) is 2. The second-order valence-electron chi connectivity index (χ2n) is 3.89. The SMILES string of the molecule is CCOCCNC(C)Cc1cccc(Br)c1. The van der Waals surface area contributed by atoms with E-state index in [0.29, 0.717) is 6.04 Å². The van der Waals surface area contributed by atoms with Crippen LogP contribution in [0.2, 0.25) is 0 Å². The average molecular weight is 286 g/mol. The van der Waals surface area contributed by atoms with Gasteiger partial charge in [-0.1, -0.05) is 28.1 Å². The summed E-state index contributed by atoms with van der Waals surface area (Å²) in [6, 6.07) is 8.93. The van der Waals surface area contributed by atoms with Gasteiger partial charge in [-0.15, -0.1) is 0 Å². The molecule has 0 bridgehead atoms. The van der Waals surface area contributed by atoms with Gasteiger partial charge in [0.15, 0.2) is 0 Å². The van der Waals surface area contributed by atoms with Crippen molar-refractivity contribution < 1.29 is 4.74 Å². The van der Waals surface area contributed by atoms with Crippen molar-refractivity contribution in [3.8, 4) is 0 Å². The smallest absolute Gasteiger partial charge is 0.0590 e. The Morgan fingerprint density at radius 2 is 2.25 bits per heavy atom. The molecule has 0 heterocycles. The van der Waals surface area contributed by atoms with Crippen molar-refractivity contribution in [3.63, 3.8) is 0 Å². The number of halogens is 1. The monoisotopic (exact) mass is 285 g/mol. The molecule has 0 aliphatic heterocycles. The molecule has 1 rings (SSSR count). The standard InChI is InChI=1S/C13H20BrNO/c1-3-16-8-7-15-11(2)9-12-5-4-6-13(14)10-12/h4-6,10-11,15H,3,7-9H2,1-2H3. The number of hydrogen-bond donors (Lipinski definition) is 1. The lowest BCUT2D eigenvalue weighted by molar-refractivity contribution is 0.147. The Balaban J connectivity index is 2.25. The van der Waals surface area contributed by atoms with Gasteiger partial charge in [0.1, 0.15) is 0 Å². The molecular weight excluding hydrogens is 266 g/mol. The molecule has 1 aromatic rings. The second-order valence-corrected chi connectivity index (χ2v) is 4.80. The van der Waals surface area contributed by atoms with Crippen LogP contribution in [0, 0.1) is 0 Å². The van der Waals surface area contributed by atoms with Gasteiger partial charge in [0, 0.05) is 23.7 Å². The largest absolute Gasteiger partial charge is 0.380 e. The first-order valence-corrected chi connectivity index (χ1v) is 6.57. The molecule has 0 spiro atoms.